The van der Waals surface area contributed by atoms with Crippen molar-refractivity contribution < 1.29 is 0 Å². The van der Waals surface area contributed by atoms with Gasteiger partial charge in [0.1, 0.15) is 0 Å². The third kappa shape index (κ3) is 3.25. The van der Waals surface area contributed by atoms with Gasteiger partial charge in [0.2, 0.25) is 0 Å². The number of nitrogens with one attached hydrogen (secondary N) is 1. The second-order valence-corrected chi connectivity index (χ2v) is 6.64. The van der Waals surface area contributed by atoms with E-state index in [0.717, 1.165) is 17.9 Å². The monoisotopic (exact) mass is 253 g/mol. The Bertz CT molecular complexity index is 254. The van der Waals surface area contributed by atoms with Gasteiger partial charge in [-0.3, -0.25) is 0 Å². The number of nitrogens with zero attached hydrogens (tertiary/aromatic N) is 2. The standard InChI is InChI=1S/C15H31N3/c1-12(2)14(16-3)11-18-9-7-15-13(10-18)6-5-8-17(15)4/h12-16H,5-11H2,1-4H3. The van der Waals surface area contributed by atoms with Crippen molar-refractivity contribution in [3.05, 3.63) is 0 Å². The molecule has 2 aliphatic rings. The van der Waals surface area contributed by atoms with E-state index in [-0.39, 0.29) is 0 Å². The summed E-state index contributed by atoms with van der Waals surface area (Å²) in [6.07, 6.45) is 4.21. The second kappa shape index (κ2) is 6.36. The number of hydrogen-bond acceptors (Lipinski definition) is 3. The van der Waals surface area contributed by atoms with Gasteiger partial charge in [-0.05, 0) is 58.3 Å². The van der Waals surface area contributed by atoms with Crippen LogP contribution in [0, 0.1) is 11.8 Å². The van der Waals surface area contributed by atoms with E-state index < -0.39 is 0 Å². The van der Waals surface area contributed by atoms with Crippen molar-refractivity contribution in [1.82, 2.24) is 15.1 Å². The molecule has 3 atom stereocenters. The molecule has 2 saturated heterocycles. The van der Waals surface area contributed by atoms with Gasteiger partial charge < -0.3 is 15.1 Å². The molecule has 0 saturated carbocycles. The largest absolute Gasteiger partial charge is 0.315 e. The van der Waals surface area contributed by atoms with Gasteiger partial charge in [-0.25, -0.2) is 0 Å². The molecule has 0 spiro atoms. The fourth-order valence-electron chi connectivity index (χ4n) is 3.81. The molecule has 0 aliphatic carbocycles. The van der Waals surface area contributed by atoms with E-state index in [1.807, 2.05) is 0 Å². The summed E-state index contributed by atoms with van der Waals surface area (Å²) in [6.45, 7) is 9.79. The van der Waals surface area contributed by atoms with Gasteiger partial charge in [0, 0.05) is 25.2 Å². The number of rotatable bonds is 4. The van der Waals surface area contributed by atoms with Gasteiger partial charge in [-0.2, -0.15) is 0 Å². The molecule has 2 aliphatic heterocycles. The van der Waals surface area contributed by atoms with Crippen molar-refractivity contribution in [2.75, 3.05) is 40.3 Å². The maximum absolute atomic E-state index is 3.48. The summed E-state index contributed by atoms with van der Waals surface area (Å²) in [5, 5.41) is 3.48. The van der Waals surface area contributed by atoms with Crippen LogP contribution in [0.3, 0.4) is 0 Å². The molecule has 0 aromatic carbocycles. The van der Waals surface area contributed by atoms with Gasteiger partial charge in [0.05, 0.1) is 0 Å². The lowest BCUT2D eigenvalue weighted by Gasteiger charge is -2.46. The number of likely N-dealkylation sites (tertiary alicyclic amines) is 2. The molecule has 0 bridgehead atoms. The lowest BCUT2D eigenvalue weighted by molar-refractivity contribution is 0.0331. The smallest absolute Gasteiger partial charge is 0.0214 e. The molecule has 3 heteroatoms. The van der Waals surface area contributed by atoms with Crippen LogP contribution in [0.5, 0.6) is 0 Å². The summed E-state index contributed by atoms with van der Waals surface area (Å²) in [4.78, 5) is 5.30. The number of piperidine rings is 2. The van der Waals surface area contributed by atoms with Crippen LogP contribution in [0.1, 0.15) is 33.1 Å². The molecule has 2 heterocycles. The predicted molar refractivity (Wildman–Crippen MR) is 77.9 cm³/mol. The third-order valence-corrected chi connectivity index (χ3v) is 5.06. The molecule has 2 fully saturated rings. The topological polar surface area (TPSA) is 18.5 Å². The minimum atomic E-state index is 0.642. The zero-order valence-corrected chi connectivity index (χ0v) is 12.7. The zero-order chi connectivity index (χ0) is 13.1. The molecule has 18 heavy (non-hydrogen) atoms. The van der Waals surface area contributed by atoms with Crippen LogP contribution in [-0.4, -0.2) is 62.2 Å². The molecule has 1 N–H and O–H groups in total. The average molecular weight is 253 g/mol. The number of hydrogen-bond donors (Lipinski definition) is 1. The van der Waals surface area contributed by atoms with Crippen LogP contribution < -0.4 is 5.32 Å². The lowest BCUT2D eigenvalue weighted by Crippen LogP contribution is -2.55. The zero-order valence-electron chi connectivity index (χ0n) is 12.7. The minimum absolute atomic E-state index is 0.642. The Morgan fingerprint density at radius 2 is 2.00 bits per heavy atom. The molecule has 0 amide bonds. The first-order valence-corrected chi connectivity index (χ1v) is 7.71. The average Bonchev–Trinajstić information content (AvgIpc) is 2.35. The summed E-state index contributed by atoms with van der Waals surface area (Å²) in [5.41, 5.74) is 0. The SMILES string of the molecule is CNC(CN1CCC2C(CCCN2C)C1)C(C)C. The van der Waals surface area contributed by atoms with Gasteiger partial charge in [0.15, 0.2) is 0 Å². The van der Waals surface area contributed by atoms with Gasteiger partial charge in [-0.15, -0.1) is 0 Å². The first kappa shape index (κ1) is 14.3. The van der Waals surface area contributed by atoms with Crippen LogP contribution in [0.4, 0.5) is 0 Å². The Hall–Kier alpha value is -0.120. The van der Waals surface area contributed by atoms with E-state index in [9.17, 15) is 0 Å². The second-order valence-electron chi connectivity index (χ2n) is 6.64. The van der Waals surface area contributed by atoms with E-state index in [4.69, 9.17) is 0 Å². The highest BCUT2D eigenvalue weighted by Gasteiger charge is 2.34. The molecular formula is C15H31N3. The Morgan fingerprint density at radius 1 is 1.22 bits per heavy atom. The molecule has 3 unspecified atom stereocenters. The summed E-state index contributed by atoms with van der Waals surface area (Å²) < 4.78 is 0. The van der Waals surface area contributed by atoms with Crippen LogP contribution in [0.2, 0.25) is 0 Å². The van der Waals surface area contributed by atoms with Gasteiger partial charge >= 0.3 is 0 Å². The van der Waals surface area contributed by atoms with Crippen molar-refractivity contribution >= 4 is 0 Å². The minimum Gasteiger partial charge on any atom is -0.315 e. The van der Waals surface area contributed by atoms with Crippen molar-refractivity contribution in [2.24, 2.45) is 11.8 Å². The molecule has 0 aromatic rings. The highest BCUT2D eigenvalue weighted by molar-refractivity contribution is 4.90. The van der Waals surface area contributed by atoms with Crippen LogP contribution in [-0.2, 0) is 0 Å². The van der Waals surface area contributed by atoms with E-state index >= 15 is 0 Å². The van der Waals surface area contributed by atoms with Crippen LogP contribution in [0.15, 0.2) is 0 Å². The molecule has 106 valence electrons. The summed E-state index contributed by atoms with van der Waals surface area (Å²) in [5.74, 6) is 1.64. The van der Waals surface area contributed by atoms with Crippen LogP contribution >= 0.6 is 0 Å². The molecular weight excluding hydrogens is 222 g/mol. The van der Waals surface area contributed by atoms with Crippen molar-refractivity contribution in [2.45, 2.75) is 45.2 Å². The molecule has 2 rings (SSSR count). The normalized spacial score (nSPS) is 32.5. The fraction of sp³-hybridized carbons (Fsp3) is 1.00. The maximum Gasteiger partial charge on any atom is 0.0214 e. The van der Waals surface area contributed by atoms with Gasteiger partial charge in [-0.1, -0.05) is 13.8 Å². The summed E-state index contributed by atoms with van der Waals surface area (Å²) >= 11 is 0. The van der Waals surface area contributed by atoms with Crippen LogP contribution in [0.25, 0.3) is 0 Å². The first-order valence-electron chi connectivity index (χ1n) is 7.71. The quantitative estimate of drug-likeness (QED) is 0.822. The Labute approximate surface area is 113 Å². The first-order chi connectivity index (χ1) is 8.61. The fourth-order valence-corrected chi connectivity index (χ4v) is 3.81. The van der Waals surface area contributed by atoms with Gasteiger partial charge in [0.25, 0.3) is 0 Å². The maximum atomic E-state index is 3.48. The highest BCUT2D eigenvalue weighted by atomic mass is 15.2. The predicted octanol–water partition coefficient (Wildman–Crippen LogP) is 1.65. The number of likely N-dealkylation sites (N-methyl/N-ethyl adjacent to an activating group) is 1. The Kier molecular flexibility index (Phi) is 5.05. The van der Waals surface area contributed by atoms with Crippen molar-refractivity contribution in [3.8, 4) is 0 Å². The summed E-state index contributed by atoms with van der Waals surface area (Å²) in [7, 11) is 4.42. The summed E-state index contributed by atoms with van der Waals surface area (Å²) in [6, 6.07) is 1.50. The van der Waals surface area contributed by atoms with E-state index in [2.05, 4.69) is 43.1 Å². The molecule has 3 nitrogen and oxygen atoms in total. The van der Waals surface area contributed by atoms with E-state index in [0.29, 0.717) is 6.04 Å². The highest BCUT2D eigenvalue weighted by Crippen LogP contribution is 2.29. The lowest BCUT2D eigenvalue weighted by atomic mass is 9.84. The molecule has 0 radical (unpaired) electrons. The molecule has 0 aromatic heterocycles. The van der Waals surface area contributed by atoms with Crippen molar-refractivity contribution in [3.63, 3.8) is 0 Å². The van der Waals surface area contributed by atoms with Crippen molar-refractivity contribution in [1.29, 1.82) is 0 Å². The van der Waals surface area contributed by atoms with E-state index in [1.54, 1.807) is 0 Å². The Morgan fingerprint density at radius 3 is 2.67 bits per heavy atom. The Balaban J connectivity index is 1.86. The van der Waals surface area contributed by atoms with E-state index in [1.165, 1.54) is 45.4 Å². The third-order valence-electron chi connectivity index (χ3n) is 5.06. The number of fused-ring (bicyclic) bond motifs is 1.